The van der Waals surface area contributed by atoms with Crippen molar-refractivity contribution in [1.29, 1.82) is 0 Å². The van der Waals surface area contributed by atoms with E-state index in [0.29, 0.717) is 5.69 Å². The average molecular weight is 262 g/mol. The third kappa shape index (κ3) is 2.09. The highest BCUT2D eigenvalue weighted by molar-refractivity contribution is 6.17. The van der Waals surface area contributed by atoms with Gasteiger partial charge >= 0.3 is 6.03 Å². The zero-order valence-electron chi connectivity index (χ0n) is 10.4. The van der Waals surface area contributed by atoms with Gasteiger partial charge in [0, 0.05) is 6.04 Å². The zero-order chi connectivity index (χ0) is 13.4. The van der Waals surface area contributed by atoms with Crippen LogP contribution in [0.2, 0.25) is 0 Å². The molecule has 3 rings (SSSR count). The standard InChI is InChI=1S/C14H15FN2O2/c15-9-4-3-5-10(8-9)17-13(18)11-6-1-2-7-12(11)16-14(17)19/h3-5,8,11-12H,1-2,6-7H2,(H,16,19). The third-order valence-electron chi connectivity index (χ3n) is 3.88. The lowest BCUT2D eigenvalue weighted by molar-refractivity contribution is -0.124. The number of hydrogen-bond acceptors (Lipinski definition) is 2. The van der Waals surface area contributed by atoms with E-state index >= 15 is 0 Å². The number of hydrogen-bond donors (Lipinski definition) is 1. The van der Waals surface area contributed by atoms with Crippen molar-refractivity contribution < 1.29 is 14.0 Å². The topological polar surface area (TPSA) is 49.4 Å². The lowest BCUT2D eigenvalue weighted by Crippen LogP contribution is -2.61. The summed E-state index contributed by atoms with van der Waals surface area (Å²) in [5, 5.41) is 2.86. The van der Waals surface area contributed by atoms with Crippen molar-refractivity contribution in [3.8, 4) is 0 Å². The molecule has 0 aromatic heterocycles. The number of amides is 3. The van der Waals surface area contributed by atoms with Crippen LogP contribution in [0.1, 0.15) is 25.7 Å². The van der Waals surface area contributed by atoms with Crippen molar-refractivity contribution >= 4 is 17.6 Å². The van der Waals surface area contributed by atoms with Crippen molar-refractivity contribution in [2.75, 3.05) is 4.90 Å². The monoisotopic (exact) mass is 262 g/mol. The number of nitrogens with one attached hydrogen (secondary N) is 1. The summed E-state index contributed by atoms with van der Waals surface area (Å²) in [5.41, 5.74) is 0.298. The number of nitrogens with zero attached hydrogens (tertiary/aromatic N) is 1. The molecule has 0 bridgehead atoms. The maximum Gasteiger partial charge on any atom is 0.328 e. The second-order valence-electron chi connectivity index (χ2n) is 5.10. The Bertz CT molecular complexity index is 532. The minimum atomic E-state index is -0.455. The van der Waals surface area contributed by atoms with Crippen molar-refractivity contribution in [2.24, 2.45) is 5.92 Å². The maximum absolute atomic E-state index is 13.2. The molecular formula is C14H15FN2O2. The molecule has 1 aliphatic carbocycles. The molecule has 1 saturated heterocycles. The molecule has 1 aromatic carbocycles. The second-order valence-corrected chi connectivity index (χ2v) is 5.10. The molecule has 1 aromatic rings. The molecule has 5 heteroatoms. The fraction of sp³-hybridized carbons (Fsp3) is 0.429. The number of anilines is 1. The van der Waals surface area contributed by atoms with Crippen LogP contribution in [-0.4, -0.2) is 18.0 Å². The van der Waals surface area contributed by atoms with E-state index in [0.717, 1.165) is 30.6 Å². The van der Waals surface area contributed by atoms with Gasteiger partial charge in [-0.2, -0.15) is 0 Å². The van der Waals surface area contributed by atoms with Gasteiger partial charge in [0.1, 0.15) is 5.82 Å². The first-order valence-corrected chi connectivity index (χ1v) is 6.57. The molecule has 1 saturated carbocycles. The molecule has 100 valence electrons. The molecule has 2 aliphatic rings. The minimum absolute atomic E-state index is 0.0569. The van der Waals surface area contributed by atoms with Crippen LogP contribution in [0, 0.1) is 11.7 Å². The summed E-state index contributed by atoms with van der Waals surface area (Å²) in [6.07, 6.45) is 3.67. The Morgan fingerprint density at radius 2 is 2.00 bits per heavy atom. The largest absolute Gasteiger partial charge is 0.334 e. The van der Waals surface area contributed by atoms with Crippen LogP contribution in [0.3, 0.4) is 0 Å². The average Bonchev–Trinajstić information content (AvgIpc) is 2.39. The van der Waals surface area contributed by atoms with E-state index < -0.39 is 11.8 Å². The zero-order valence-corrected chi connectivity index (χ0v) is 10.4. The van der Waals surface area contributed by atoms with E-state index in [1.165, 1.54) is 18.2 Å². The fourth-order valence-corrected chi connectivity index (χ4v) is 2.95. The van der Waals surface area contributed by atoms with Crippen LogP contribution >= 0.6 is 0 Å². The molecule has 1 N–H and O–H groups in total. The van der Waals surface area contributed by atoms with Crippen LogP contribution in [0.4, 0.5) is 14.9 Å². The van der Waals surface area contributed by atoms with Gasteiger partial charge in [-0.1, -0.05) is 18.9 Å². The minimum Gasteiger partial charge on any atom is -0.334 e. The molecule has 1 heterocycles. The van der Waals surface area contributed by atoms with Crippen molar-refractivity contribution in [3.63, 3.8) is 0 Å². The summed E-state index contributed by atoms with van der Waals surface area (Å²) in [6.45, 7) is 0. The molecule has 1 aliphatic heterocycles. The first-order valence-electron chi connectivity index (χ1n) is 6.57. The van der Waals surface area contributed by atoms with E-state index in [9.17, 15) is 14.0 Å². The van der Waals surface area contributed by atoms with E-state index in [1.807, 2.05) is 0 Å². The Hall–Kier alpha value is -1.91. The molecule has 3 amide bonds. The Morgan fingerprint density at radius 3 is 2.79 bits per heavy atom. The van der Waals surface area contributed by atoms with Gasteiger partial charge in [-0.25, -0.2) is 14.1 Å². The second kappa shape index (κ2) is 4.64. The number of rotatable bonds is 1. The summed E-state index contributed by atoms with van der Waals surface area (Å²) >= 11 is 0. The number of fused-ring (bicyclic) bond motifs is 1. The van der Waals surface area contributed by atoms with Gasteiger partial charge in [-0.05, 0) is 31.0 Å². The summed E-state index contributed by atoms with van der Waals surface area (Å²) in [7, 11) is 0. The lowest BCUT2D eigenvalue weighted by Gasteiger charge is -2.39. The van der Waals surface area contributed by atoms with Gasteiger partial charge in [-0.15, -0.1) is 0 Å². The van der Waals surface area contributed by atoms with Gasteiger partial charge in [0.25, 0.3) is 0 Å². The normalized spacial score (nSPS) is 26.9. The predicted octanol–water partition coefficient (Wildman–Crippen LogP) is 2.44. The number of halogens is 1. The molecule has 0 radical (unpaired) electrons. The first-order chi connectivity index (χ1) is 9.16. The van der Waals surface area contributed by atoms with Crippen molar-refractivity contribution in [1.82, 2.24) is 5.32 Å². The highest BCUT2D eigenvalue weighted by Crippen LogP contribution is 2.31. The van der Waals surface area contributed by atoms with Gasteiger partial charge in [0.15, 0.2) is 0 Å². The summed E-state index contributed by atoms with van der Waals surface area (Å²) in [5.74, 6) is -0.836. The highest BCUT2D eigenvalue weighted by atomic mass is 19.1. The summed E-state index contributed by atoms with van der Waals surface area (Å²) in [4.78, 5) is 25.5. The van der Waals surface area contributed by atoms with Crippen LogP contribution in [0.25, 0.3) is 0 Å². The van der Waals surface area contributed by atoms with E-state index in [4.69, 9.17) is 0 Å². The van der Waals surface area contributed by atoms with Crippen LogP contribution in [0.15, 0.2) is 24.3 Å². The number of benzene rings is 1. The van der Waals surface area contributed by atoms with E-state index in [2.05, 4.69) is 5.32 Å². The molecule has 2 fully saturated rings. The van der Waals surface area contributed by atoms with Crippen LogP contribution in [-0.2, 0) is 4.79 Å². The van der Waals surface area contributed by atoms with Gasteiger partial charge < -0.3 is 5.32 Å². The van der Waals surface area contributed by atoms with Crippen molar-refractivity contribution in [2.45, 2.75) is 31.7 Å². The molecule has 2 unspecified atom stereocenters. The van der Waals surface area contributed by atoms with Crippen LogP contribution < -0.4 is 10.2 Å². The maximum atomic E-state index is 13.2. The smallest absolute Gasteiger partial charge is 0.328 e. The third-order valence-corrected chi connectivity index (χ3v) is 3.88. The quantitative estimate of drug-likeness (QED) is 0.845. The van der Waals surface area contributed by atoms with Gasteiger partial charge in [0.2, 0.25) is 5.91 Å². The molecule has 0 spiro atoms. The van der Waals surface area contributed by atoms with Gasteiger partial charge in [0.05, 0.1) is 11.6 Å². The number of imide groups is 1. The molecule has 19 heavy (non-hydrogen) atoms. The van der Waals surface area contributed by atoms with Gasteiger partial charge in [-0.3, -0.25) is 4.79 Å². The van der Waals surface area contributed by atoms with Crippen LogP contribution in [0.5, 0.6) is 0 Å². The molecule has 4 nitrogen and oxygen atoms in total. The Balaban J connectivity index is 1.93. The molecule has 2 atom stereocenters. The SMILES string of the molecule is O=C1NC2CCCCC2C(=O)N1c1cccc(F)c1. The highest BCUT2D eigenvalue weighted by Gasteiger charge is 2.42. The lowest BCUT2D eigenvalue weighted by atomic mass is 9.82. The van der Waals surface area contributed by atoms with E-state index in [-0.39, 0.29) is 17.9 Å². The van der Waals surface area contributed by atoms with E-state index in [1.54, 1.807) is 6.07 Å². The Labute approximate surface area is 110 Å². The number of urea groups is 1. The fourth-order valence-electron chi connectivity index (χ4n) is 2.95. The summed E-state index contributed by atoms with van der Waals surface area (Å²) < 4.78 is 13.2. The first kappa shape index (κ1) is 12.1. The van der Waals surface area contributed by atoms with Crippen molar-refractivity contribution in [3.05, 3.63) is 30.1 Å². The summed E-state index contributed by atoms with van der Waals surface area (Å²) in [6, 6.07) is 5.07. The molecular weight excluding hydrogens is 247 g/mol. The Morgan fingerprint density at radius 1 is 1.21 bits per heavy atom. The Kier molecular flexibility index (Phi) is 2.97. The number of carbonyl (C=O) groups excluding carboxylic acids is 2. The number of carbonyl (C=O) groups is 2. The predicted molar refractivity (Wildman–Crippen MR) is 68.2 cm³/mol.